The molecule has 1 aromatic rings. The van der Waals surface area contributed by atoms with E-state index < -0.39 is 27.4 Å². The van der Waals surface area contributed by atoms with Crippen LogP contribution >= 0.6 is 0 Å². The van der Waals surface area contributed by atoms with Crippen molar-refractivity contribution < 1.29 is 36.1 Å². The number of esters is 1. The second-order valence-electron chi connectivity index (χ2n) is 6.12. The molecule has 1 saturated heterocycles. The van der Waals surface area contributed by atoms with E-state index >= 15 is 0 Å². The van der Waals surface area contributed by atoms with E-state index in [0.717, 1.165) is 0 Å². The Morgan fingerprint density at radius 2 is 2.00 bits per heavy atom. The molecule has 1 amide bonds. The number of anilines is 1. The topological polar surface area (TPSA) is 101 Å². The Labute approximate surface area is 149 Å². The van der Waals surface area contributed by atoms with Gasteiger partial charge in [-0.05, 0) is 31.4 Å². The van der Waals surface area contributed by atoms with Gasteiger partial charge in [0.15, 0.2) is 6.10 Å². The Kier molecular flexibility index (Phi) is 5.97. The van der Waals surface area contributed by atoms with Crippen LogP contribution in [0.25, 0.3) is 0 Å². The lowest BCUT2D eigenvalue weighted by Crippen LogP contribution is -2.43. The van der Waals surface area contributed by atoms with Crippen molar-refractivity contribution in [2.24, 2.45) is 5.92 Å². The highest BCUT2D eigenvalue weighted by atomic mass is 32.2. The molecular formula is C16H19F2NO6S. The molecular weight excluding hydrogens is 372 g/mol. The Morgan fingerprint density at radius 1 is 1.38 bits per heavy atom. The van der Waals surface area contributed by atoms with Gasteiger partial charge in [-0.25, -0.2) is 0 Å². The van der Waals surface area contributed by atoms with E-state index in [4.69, 9.17) is 4.55 Å². The second-order valence-corrected chi connectivity index (χ2v) is 7.61. The molecule has 144 valence electrons. The molecule has 0 spiro atoms. The predicted molar refractivity (Wildman–Crippen MR) is 88.2 cm³/mol. The Bertz CT molecular complexity index is 768. The lowest BCUT2D eigenvalue weighted by Gasteiger charge is -2.32. The summed E-state index contributed by atoms with van der Waals surface area (Å²) in [7, 11) is -5.70. The van der Waals surface area contributed by atoms with E-state index in [1.807, 2.05) is 0 Å². The van der Waals surface area contributed by atoms with Crippen molar-refractivity contribution in [3.8, 4) is 0 Å². The van der Waals surface area contributed by atoms with Gasteiger partial charge < -0.3 is 9.64 Å². The van der Waals surface area contributed by atoms with Crippen molar-refractivity contribution in [3.63, 3.8) is 0 Å². The van der Waals surface area contributed by atoms with E-state index in [2.05, 4.69) is 4.74 Å². The van der Waals surface area contributed by atoms with Crippen LogP contribution in [0.15, 0.2) is 30.3 Å². The summed E-state index contributed by atoms with van der Waals surface area (Å²) >= 11 is 0. The molecule has 2 atom stereocenters. The van der Waals surface area contributed by atoms with Crippen LogP contribution in [0.3, 0.4) is 0 Å². The van der Waals surface area contributed by atoms with Gasteiger partial charge in [0.05, 0.1) is 6.42 Å². The van der Waals surface area contributed by atoms with Crippen LogP contribution in [0, 0.1) is 5.92 Å². The van der Waals surface area contributed by atoms with Crippen LogP contribution in [-0.4, -0.2) is 42.8 Å². The number of ether oxygens (including phenoxy) is 1. The van der Waals surface area contributed by atoms with E-state index in [1.54, 1.807) is 30.3 Å². The molecule has 0 aromatic heterocycles. The maximum Gasteiger partial charge on any atom is 0.405 e. The van der Waals surface area contributed by atoms with Crippen LogP contribution in [0.5, 0.6) is 0 Å². The van der Waals surface area contributed by atoms with E-state index in [-0.39, 0.29) is 31.2 Å². The van der Waals surface area contributed by atoms with Crippen LogP contribution < -0.4 is 4.90 Å². The van der Waals surface area contributed by atoms with Gasteiger partial charge in [-0.1, -0.05) is 18.2 Å². The maximum absolute atomic E-state index is 13.4. The highest BCUT2D eigenvalue weighted by Crippen LogP contribution is 2.29. The van der Waals surface area contributed by atoms with Gasteiger partial charge in [-0.3, -0.25) is 14.1 Å². The molecule has 2 unspecified atom stereocenters. The average molecular weight is 391 g/mol. The highest BCUT2D eigenvalue weighted by Gasteiger charge is 2.52. The number of carbonyl (C=O) groups excluding carboxylic acids is 2. The minimum Gasteiger partial charge on any atom is -0.455 e. The summed E-state index contributed by atoms with van der Waals surface area (Å²) in [6.07, 6.45) is -1.99. The fraction of sp³-hybridized carbons (Fsp3) is 0.500. The Balaban J connectivity index is 1.98. The number of halogens is 2. The van der Waals surface area contributed by atoms with Crippen molar-refractivity contribution in [2.75, 3.05) is 11.4 Å². The van der Waals surface area contributed by atoms with Crippen LogP contribution in [-0.2, 0) is 24.4 Å². The standard InChI is InChI=1S/C16H19F2NO6S/c1-11(16(17,18)26(22,23)24)25-15(21)9-12-7-8-14(20)19(10-12)13-5-3-2-4-6-13/h2-6,11-12H,7-10H2,1H3,(H,22,23,24). The number of benzene rings is 1. The van der Waals surface area contributed by atoms with Gasteiger partial charge in [-0.2, -0.15) is 17.2 Å². The minimum absolute atomic E-state index is 0.105. The molecule has 0 bridgehead atoms. The summed E-state index contributed by atoms with van der Waals surface area (Å²) in [6.45, 7) is 0.910. The quantitative estimate of drug-likeness (QED) is 0.590. The van der Waals surface area contributed by atoms with Gasteiger partial charge in [-0.15, -0.1) is 0 Å². The highest BCUT2D eigenvalue weighted by molar-refractivity contribution is 7.86. The molecule has 10 heteroatoms. The zero-order chi connectivity index (χ0) is 19.5. The van der Waals surface area contributed by atoms with Crippen LogP contribution in [0.1, 0.15) is 26.2 Å². The summed E-state index contributed by atoms with van der Waals surface area (Å²) in [6, 6.07) is 8.81. The largest absolute Gasteiger partial charge is 0.455 e. The van der Waals surface area contributed by atoms with Crippen molar-refractivity contribution in [1.29, 1.82) is 0 Å². The summed E-state index contributed by atoms with van der Waals surface area (Å²) in [5.41, 5.74) is 0.668. The normalized spacial score (nSPS) is 19.9. The number of nitrogens with zero attached hydrogens (tertiary/aromatic N) is 1. The van der Waals surface area contributed by atoms with Crippen molar-refractivity contribution in [2.45, 2.75) is 37.5 Å². The number of carbonyl (C=O) groups is 2. The molecule has 0 radical (unpaired) electrons. The number of hydrogen-bond acceptors (Lipinski definition) is 5. The van der Waals surface area contributed by atoms with E-state index in [0.29, 0.717) is 19.0 Å². The first-order chi connectivity index (χ1) is 12.0. The number of hydrogen-bond donors (Lipinski definition) is 1. The number of para-hydroxylation sites is 1. The average Bonchev–Trinajstić information content (AvgIpc) is 2.56. The number of amides is 1. The van der Waals surface area contributed by atoms with Gasteiger partial charge in [0.1, 0.15) is 0 Å². The van der Waals surface area contributed by atoms with Crippen LogP contribution in [0.4, 0.5) is 14.5 Å². The van der Waals surface area contributed by atoms with Crippen LogP contribution in [0.2, 0.25) is 0 Å². The molecule has 1 N–H and O–H groups in total. The first-order valence-electron chi connectivity index (χ1n) is 7.92. The Hall–Kier alpha value is -2.07. The monoisotopic (exact) mass is 391 g/mol. The maximum atomic E-state index is 13.4. The molecule has 1 fully saturated rings. The number of rotatable bonds is 6. The lowest BCUT2D eigenvalue weighted by atomic mass is 9.94. The fourth-order valence-electron chi connectivity index (χ4n) is 2.70. The summed E-state index contributed by atoms with van der Waals surface area (Å²) < 4.78 is 61.2. The first kappa shape index (κ1) is 20.2. The predicted octanol–water partition coefficient (Wildman–Crippen LogP) is 2.23. The van der Waals surface area contributed by atoms with Crippen molar-refractivity contribution in [1.82, 2.24) is 0 Å². The first-order valence-corrected chi connectivity index (χ1v) is 9.36. The molecule has 2 rings (SSSR count). The third-order valence-electron chi connectivity index (χ3n) is 4.16. The van der Waals surface area contributed by atoms with Gasteiger partial charge in [0.2, 0.25) is 5.91 Å². The molecule has 1 aliphatic heterocycles. The molecule has 26 heavy (non-hydrogen) atoms. The third kappa shape index (κ3) is 4.55. The summed E-state index contributed by atoms with van der Waals surface area (Å²) in [5, 5.41) is -4.60. The van der Waals surface area contributed by atoms with Gasteiger partial charge in [0.25, 0.3) is 0 Å². The molecule has 1 aliphatic rings. The molecule has 0 saturated carbocycles. The molecule has 1 heterocycles. The second kappa shape index (κ2) is 7.67. The lowest BCUT2D eigenvalue weighted by molar-refractivity contribution is -0.160. The summed E-state index contributed by atoms with van der Waals surface area (Å²) in [4.78, 5) is 25.5. The molecule has 0 aliphatic carbocycles. The number of piperidine rings is 1. The third-order valence-corrected chi connectivity index (χ3v) is 5.18. The van der Waals surface area contributed by atoms with Gasteiger partial charge >= 0.3 is 21.3 Å². The summed E-state index contributed by atoms with van der Waals surface area (Å²) in [5.74, 6) is -1.44. The zero-order valence-corrected chi connectivity index (χ0v) is 14.8. The Morgan fingerprint density at radius 3 is 2.58 bits per heavy atom. The SMILES string of the molecule is CC(OC(=O)CC1CCC(=O)N(c2ccccc2)C1)C(F)(F)S(=O)(=O)O. The molecule has 7 nitrogen and oxygen atoms in total. The fourth-order valence-corrected chi connectivity index (χ4v) is 3.16. The zero-order valence-electron chi connectivity index (χ0n) is 14.0. The molecule has 1 aromatic carbocycles. The van der Waals surface area contributed by atoms with E-state index in [9.17, 15) is 26.8 Å². The van der Waals surface area contributed by atoms with E-state index in [1.165, 1.54) is 4.90 Å². The van der Waals surface area contributed by atoms with Crippen molar-refractivity contribution in [3.05, 3.63) is 30.3 Å². The smallest absolute Gasteiger partial charge is 0.405 e. The van der Waals surface area contributed by atoms with Crippen molar-refractivity contribution >= 4 is 27.7 Å². The van der Waals surface area contributed by atoms with Gasteiger partial charge in [0, 0.05) is 18.7 Å². The number of alkyl halides is 2. The minimum atomic E-state index is -5.70.